The Morgan fingerprint density at radius 3 is 2.42 bits per heavy atom. The van der Waals surface area contributed by atoms with Gasteiger partial charge in [-0.25, -0.2) is 4.39 Å². The molecule has 100 valence electrons. The fourth-order valence-corrected chi connectivity index (χ4v) is 2.41. The maximum absolute atomic E-state index is 13.0. The predicted molar refractivity (Wildman–Crippen MR) is 78.9 cm³/mol. The first kappa shape index (κ1) is 14.0. The van der Waals surface area contributed by atoms with E-state index in [2.05, 4.69) is 19.1 Å². The molecule has 0 amide bonds. The Labute approximate surface area is 118 Å². The van der Waals surface area contributed by atoms with Gasteiger partial charge in [-0.3, -0.25) is 0 Å². The maximum Gasteiger partial charge on any atom is 0.124 e. The molecule has 0 aromatic heterocycles. The molecule has 0 aliphatic rings. The standard InChI is InChI=1S/C16H17ClFN/c1-11(8-9-19)12-2-4-13(5-3-12)15-7-6-14(18)10-16(15)17/h2-7,10-11H,8-9,19H2,1H3. The van der Waals surface area contributed by atoms with Crippen molar-refractivity contribution in [3.05, 3.63) is 58.9 Å². The Morgan fingerprint density at radius 2 is 1.84 bits per heavy atom. The highest BCUT2D eigenvalue weighted by Gasteiger charge is 2.07. The van der Waals surface area contributed by atoms with Crippen molar-refractivity contribution in [2.45, 2.75) is 19.3 Å². The van der Waals surface area contributed by atoms with Gasteiger partial charge in [-0.05, 0) is 48.2 Å². The van der Waals surface area contributed by atoms with Gasteiger partial charge in [-0.2, -0.15) is 0 Å². The van der Waals surface area contributed by atoms with Crippen LogP contribution in [0.25, 0.3) is 11.1 Å². The molecule has 0 radical (unpaired) electrons. The Balaban J connectivity index is 2.27. The molecular formula is C16H17ClFN. The minimum Gasteiger partial charge on any atom is -0.330 e. The maximum atomic E-state index is 13.0. The van der Waals surface area contributed by atoms with Crippen molar-refractivity contribution >= 4 is 11.6 Å². The van der Waals surface area contributed by atoms with Crippen molar-refractivity contribution in [1.82, 2.24) is 0 Å². The van der Waals surface area contributed by atoms with Crippen molar-refractivity contribution in [3.63, 3.8) is 0 Å². The summed E-state index contributed by atoms with van der Waals surface area (Å²) in [5.41, 5.74) is 8.67. The van der Waals surface area contributed by atoms with Crippen LogP contribution in [0.4, 0.5) is 4.39 Å². The van der Waals surface area contributed by atoms with Gasteiger partial charge in [0.25, 0.3) is 0 Å². The first-order valence-electron chi connectivity index (χ1n) is 6.37. The highest BCUT2D eigenvalue weighted by molar-refractivity contribution is 6.33. The molecule has 1 atom stereocenters. The summed E-state index contributed by atoms with van der Waals surface area (Å²) in [4.78, 5) is 0. The molecule has 1 nitrogen and oxygen atoms in total. The number of hydrogen-bond acceptors (Lipinski definition) is 1. The monoisotopic (exact) mass is 277 g/mol. The quantitative estimate of drug-likeness (QED) is 0.868. The average molecular weight is 278 g/mol. The van der Waals surface area contributed by atoms with Gasteiger partial charge in [0, 0.05) is 5.56 Å². The second-order valence-corrected chi connectivity index (χ2v) is 5.13. The zero-order valence-electron chi connectivity index (χ0n) is 10.9. The Bertz CT molecular complexity index is 551. The van der Waals surface area contributed by atoms with E-state index >= 15 is 0 Å². The molecule has 1 unspecified atom stereocenters. The molecular weight excluding hydrogens is 261 g/mol. The highest BCUT2D eigenvalue weighted by Crippen LogP contribution is 2.30. The third kappa shape index (κ3) is 3.34. The second-order valence-electron chi connectivity index (χ2n) is 4.72. The summed E-state index contributed by atoms with van der Waals surface area (Å²) >= 11 is 6.06. The Hall–Kier alpha value is -1.38. The molecule has 0 saturated carbocycles. The third-order valence-corrected chi connectivity index (χ3v) is 3.63. The van der Waals surface area contributed by atoms with Crippen LogP contribution in [0, 0.1) is 5.82 Å². The largest absolute Gasteiger partial charge is 0.330 e. The molecule has 3 heteroatoms. The normalized spacial score (nSPS) is 12.4. The van der Waals surface area contributed by atoms with Crippen LogP contribution in [0.1, 0.15) is 24.8 Å². The summed E-state index contributed by atoms with van der Waals surface area (Å²) in [5.74, 6) is 0.129. The number of hydrogen-bond donors (Lipinski definition) is 1. The first-order valence-corrected chi connectivity index (χ1v) is 6.75. The number of halogens is 2. The van der Waals surface area contributed by atoms with E-state index in [-0.39, 0.29) is 5.82 Å². The third-order valence-electron chi connectivity index (χ3n) is 3.32. The summed E-state index contributed by atoms with van der Waals surface area (Å²) in [6.45, 7) is 2.85. The molecule has 19 heavy (non-hydrogen) atoms. The molecule has 0 spiro atoms. The Kier molecular flexibility index (Phi) is 4.56. The van der Waals surface area contributed by atoms with Crippen LogP contribution in [0.2, 0.25) is 5.02 Å². The van der Waals surface area contributed by atoms with Crippen LogP contribution in [-0.4, -0.2) is 6.54 Å². The van der Waals surface area contributed by atoms with Gasteiger partial charge in [0.2, 0.25) is 0 Å². The van der Waals surface area contributed by atoms with Crippen molar-refractivity contribution in [2.24, 2.45) is 5.73 Å². The second kappa shape index (κ2) is 6.18. The van der Waals surface area contributed by atoms with Gasteiger partial charge in [0.15, 0.2) is 0 Å². The fraction of sp³-hybridized carbons (Fsp3) is 0.250. The minimum absolute atomic E-state index is 0.318. The number of benzene rings is 2. The lowest BCUT2D eigenvalue weighted by atomic mass is 9.95. The zero-order valence-corrected chi connectivity index (χ0v) is 11.6. The van der Waals surface area contributed by atoms with E-state index in [4.69, 9.17) is 17.3 Å². The highest BCUT2D eigenvalue weighted by atomic mass is 35.5. The lowest BCUT2D eigenvalue weighted by Gasteiger charge is -2.11. The molecule has 0 bridgehead atoms. The van der Waals surface area contributed by atoms with Gasteiger partial charge in [0.1, 0.15) is 5.82 Å². The number of nitrogens with two attached hydrogens (primary N) is 1. The van der Waals surface area contributed by atoms with Crippen LogP contribution >= 0.6 is 11.6 Å². The van der Waals surface area contributed by atoms with Crippen molar-refractivity contribution in [3.8, 4) is 11.1 Å². The summed E-state index contributed by atoms with van der Waals surface area (Å²) < 4.78 is 13.0. The lowest BCUT2D eigenvalue weighted by molar-refractivity contribution is 0.628. The van der Waals surface area contributed by atoms with E-state index in [1.165, 1.54) is 17.7 Å². The predicted octanol–water partition coefficient (Wildman–Crippen LogP) is 4.60. The average Bonchev–Trinajstić information content (AvgIpc) is 2.39. The molecule has 0 aliphatic heterocycles. The van der Waals surface area contributed by atoms with Crippen LogP contribution in [0.15, 0.2) is 42.5 Å². The summed E-state index contributed by atoms with van der Waals surface area (Å²) in [6.07, 6.45) is 0.969. The molecule has 0 heterocycles. The van der Waals surface area contributed by atoms with Crippen LogP contribution in [0.5, 0.6) is 0 Å². The van der Waals surface area contributed by atoms with Gasteiger partial charge in [-0.15, -0.1) is 0 Å². The number of rotatable bonds is 4. The SMILES string of the molecule is CC(CCN)c1ccc(-c2ccc(F)cc2Cl)cc1. The van der Waals surface area contributed by atoms with E-state index in [0.717, 1.165) is 17.5 Å². The van der Waals surface area contributed by atoms with Gasteiger partial charge in [0.05, 0.1) is 5.02 Å². The molecule has 2 aromatic carbocycles. The van der Waals surface area contributed by atoms with Crippen molar-refractivity contribution in [2.75, 3.05) is 6.54 Å². The minimum atomic E-state index is -0.318. The van der Waals surface area contributed by atoms with Gasteiger partial charge in [-0.1, -0.05) is 42.8 Å². The van der Waals surface area contributed by atoms with E-state index < -0.39 is 0 Å². The smallest absolute Gasteiger partial charge is 0.124 e. The van der Waals surface area contributed by atoms with Crippen LogP contribution in [-0.2, 0) is 0 Å². The molecule has 2 N–H and O–H groups in total. The van der Waals surface area contributed by atoms with Crippen LogP contribution < -0.4 is 5.73 Å². The van der Waals surface area contributed by atoms with E-state index in [1.807, 2.05) is 12.1 Å². The summed E-state index contributed by atoms with van der Waals surface area (Å²) in [5, 5.41) is 0.433. The zero-order chi connectivity index (χ0) is 13.8. The van der Waals surface area contributed by atoms with Crippen molar-refractivity contribution < 1.29 is 4.39 Å². The van der Waals surface area contributed by atoms with Crippen LogP contribution in [0.3, 0.4) is 0 Å². The van der Waals surface area contributed by atoms with Gasteiger partial charge < -0.3 is 5.73 Å². The van der Waals surface area contributed by atoms with Gasteiger partial charge >= 0.3 is 0 Å². The fourth-order valence-electron chi connectivity index (χ4n) is 2.13. The lowest BCUT2D eigenvalue weighted by Crippen LogP contribution is -2.04. The molecule has 0 aliphatic carbocycles. The van der Waals surface area contributed by atoms with Crippen molar-refractivity contribution in [1.29, 1.82) is 0 Å². The molecule has 2 rings (SSSR count). The van der Waals surface area contributed by atoms with E-state index in [0.29, 0.717) is 17.5 Å². The van der Waals surface area contributed by atoms with E-state index in [9.17, 15) is 4.39 Å². The topological polar surface area (TPSA) is 26.0 Å². The summed E-state index contributed by atoms with van der Waals surface area (Å²) in [6, 6.07) is 12.7. The van der Waals surface area contributed by atoms with E-state index in [1.54, 1.807) is 6.07 Å². The Morgan fingerprint density at radius 1 is 1.16 bits per heavy atom. The molecule has 0 fully saturated rings. The molecule has 0 saturated heterocycles. The molecule has 2 aromatic rings. The summed E-state index contributed by atoms with van der Waals surface area (Å²) in [7, 11) is 0. The first-order chi connectivity index (χ1) is 9.11.